The van der Waals surface area contributed by atoms with Gasteiger partial charge in [0.15, 0.2) is 0 Å². The molecule has 0 aromatic heterocycles. The predicted molar refractivity (Wildman–Crippen MR) is 89.6 cm³/mol. The van der Waals surface area contributed by atoms with E-state index in [4.69, 9.17) is 5.41 Å². The van der Waals surface area contributed by atoms with Crippen LogP contribution >= 0.6 is 0 Å². The normalized spacial score (nSPS) is 30.2. The fourth-order valence-electron chi connectivity index (χ4n) is 4.27. The van der Waals surface area contributed by atoms with Crippen molar-refractivity contribution in [2.45, 2.75) is 25.7 Å². The van der Waals surface area contributed by atoms with Gasteiger partial charge < -0.3 is 5.41 Å². The van der Waals surface area contributed by atoms with Crippen LogP contribution in [-0.2, 0) is 0 Å². The maximum Gasteiger partial charge on any atom is 0.203 e. The van der Waals surface area contributed by atoms with Gasteiger partial charge in [-0.3, -0.25) is 0 Å². The van der Waals surface area contributed by atoms with Crippen LogP contribution < -0.4 is 0 Å². The second-order valence-electron chi connectivity index (χ2n) is 6.88. The van der Waals surface area contributed by atoms with E-state index in [-0.39, 0.29) is 11.6 Å². The zero-order valence-corrected chi connectivity index (χ0v) is 13.8. The van der Waals surface area contributed by atoms with E-state index in [1.165, 1.54) is 6.07 Å². The molecule has 5 heteroatoms. The number of fused-ring (bicyclic) bond motifs is 1. The number of hydrogen-bond acceptors (Lipinski definition) is 4. The minimum absolute atomic E-state index is 0.231. The SMILES string of the molecule is C[C@@H]1CC=C2[C@H](C1)[C@H](c1ccccc1F)[C@H](C#N)C(=N)C2(C#N)C#N. The lowest BCUT2D eigenvalue weighted by atomic mass is 9.53. The molecule has 0 unspecified atom stereocenters. The summed E-state index contributed by atoms with van der Waals surface area (Å²) in [6.45, 7) is 2.06. The molecule has 0 aliphatic heterocycles. The largest absolute Gasteiger partial charge is 0.305 e. The first-order valence-corrected chi connectivity index (χ1v) is 8.26. The molecule has 2 aliphatic rings. The molecule has 1 N–H and O–H groups in total. The molecular formula is C20H17FN4. The molecule has 3 rings (SSSR count). The van der Waals surface area contributed by atoms with Crippen LogP contribution in [0.2, 0.25) is 0 Å². The van der Waals surface area contributed by atoms with Gasteiger partial charge in [-0.25, -0.2) is 4.39 Å². The van der Waals surface area contributed by atoms with E-state index in [1.807, 2.05) is 18.2 Å². The number of allylic oxidation sites excluding steroid dienone is 2. The Morgan fingerprint density at radius 1 is 1.20 bits per heavy atom. The monoisotopic (exact) mass is 332 g/mol. The highest BCUT2D eigenvalue weighted by Gasteiger charge is 2.56. The van der Waals surface area contributed by atoms with Crippen molar-refractivity contribution < 1.29 is 4.39 Å². The first-order valence-electron chi connectivity index (χ1n) is 8.26. The Hall–Kier alpha value is -2.97. The number of hydrogen-bond donors (Lipinski definition) is 1. The van der Waals surface area contributed by atoms with Crippen LogP contribution in [-0.4, -0.2) is 5.71 Å². The average Bonchev–Trinajstić information content (AvgIpc) is 2.62. The summed E-state index contributed by atoms with van der Waals surface area (Å²) in [5.41, 5.74) is -0.994. The third kappa shape index (κ3) is 2.34. The average molecular weight is 332 g/mol. The van der Waals surface area contributed by atoms with Crippen LogP contribution in [0.4, 0.5) is 4.39 Å². The molecule has 1 aromatic rings. The summed E-state index contributed by atoms with van der Waals surface area (Å²) in [5, 5.41) is 37.6. The van der Waals surface area contributed by atoms with E-state index in [2.05, 4.69) is 13.0 Å². The Kier molecular flexibility index (Phi) is 4.15. The summed E-state index contributed by atoms with van der Waals surface area (Å²) in [7, 11) is 0. The standard InChI is InChI=1S/C20H17FN4/c1-12-6-7-16-14(8-12)18(13-4-2-3-5-17(13)21)15(9-22)19(25)20(16,10-23)11-24/h2-5,7,12,14-15,18,25H,6,8H2,1H3/t12-,14+,15+,18+/m1/s1. The van der Waals surface area contributed by atoms with Gasteiger partial charge in [0.25, 0.3) is 0 Å². The lowest BCUT2D eigenvalue weighted by molar-refractivity contribution is 0.294. The predicted octanol–water partition coefficient (Wildman–Crippen LogP) is 4.09. The minimum Gasteiger partial charge on any atom is -0.305 e. The van der Waals surface area contributed by atoms with Crippen LogP contribution in [0.1, 0.15) is 31.2 Å². The van der Waals surface area contributed by atoms with Gasteiger partial charge in [0, 0.05) is 5.92 Å². The lowest BCUT2D eigenvalue weighted by Gasteiger charge is -2.46. The van der Waals surface area contributed by atoms with Crippen LogP contribution in [0.3, 0.4) is 0 Å². The van der Waals surface area contributed by atoms with E-state index < -0.39 is 23.1 Å². The lowest BCUT2D eigenvalue weighted by Crippen LogP contribution is -2.48. The fourth-order valence-corrected chi connectivity index (χ4v) is 4.27. The smallest absolute Gasteiger partial charge is 0.203 e. The molecule has 0 radical (unpaired) electrons. The molecule has 1 aromatic carbocycles. The fraction of sp³-hybridized carbons (Fsp3) is 0.400. The Labute approximate surface area is 146 Å². The van der Waals surface area contributed by atoms with Crippen LogP contribution in [0.15, 0.2) is 35.9 Å². The van der Waals surface area contributed by atoms with Crippen LogP contribution in [0.25, 0.3) is 0 Å². The van der Waals surface area contributed by atoms with E-state index in [9.17, 15) is 20.2 Å². The van der Waals surface area contributed by atoms with Crippen molar-refractivity contribution in [2.24, 2.45) is 23.2 Å². The molecule has 4 atom stereocenters. The summed E-state index contributed by atoms with van der Waals surface area (Å²) >= 11 is 0. The maximum atomic E-state index is 14.5. The summed E-state index contributed by atoms with van der Waals surface area (Å²) in [5.74, 6) is -1.95. The van der Waals surface area contributed by atoms with Gasteiger partial charge in [-0.1, -0.05) is 31.2 Å². The number of nitrogens with zero attached hydrogens (tertiary/aromatic N) is 3. The third-order valence-electron chi connectivity index (χ3n) is 5.48. The van der Waals surface area contributed by atoms with Gasteiger partial charge in [0.05, 0.1) is 29.8 Å². The Bertz CT molecular complexity index is 866. The molecule has 1 fully saturated rings. The van der Waals surface area contributed by atoms with Crippen molar-refractivity contribution in [2.75, 3.05) is 0 Å². The number of nitrogens with one attached hydrogen (secondary N) is 1. The first-order chi connectivity index (χ1) is 12.0. The van der Waals surface area contributed by atoms with Gasteiger partial charge in [-0.2, -0.15) is 15.8 Å². The third-order valence-corrected chi connectivity index (χ3v) is 5.48. The topological polar surface area (TPSA) is 95.2 Å². The van der Waals surface area contributed by atoms with Crippen LogP contribution in [0.5, 0.6) is 0 Å². The molecule has 124 valence electrons. The van der Waals surface area contributed by atoms with Crippen molar-refractivity contribution in [3.05, 3.63) is 47.3 Å². The molecule has 4 nitrogen and oxygen atoms in total. The maximum absolute atomic E-state index is 14.5. The summed E-state index contributed by atoms with van der Waals surface area (Å²) in [6, 6.07) is 12.3. The second kappa shape index (κ2) is 6.15. The zero-order chi connectivity index (χ0) is 18.2. The number of nitriles is 3. The molecular weight excluding hydrogens is 315 g/mol. The van der Waals surface area contributed by atoms with Crippen molar-refractivity contribution in [3.8, 4) is 18.2 Å². The quantitative estimate of drug-likeness (QED) is 0.785. The number of benzene rings is 1. The molecule has 0 bridgehead atoms. The minimum atomic E-state index is -1.72. The molecule has 0 saturated heterocycles. The first kappa shape index (κ1) is 16.9. The van der Waals surface area contributed by atoms with Gasteiger partial charge in [-0.15, -0.1) is 0 Å². The summed E-state index contributed by atoms with van der Waals surface area (Å²) < 4.78 is 14.5. The summed E-state index contributed by atoms with van der Waals surface area (Å²) in [6.07, 6.45) is 3.24. The molecule has 2 aliphatic carbocycles. The Morgan fingerprint density at radius 3 is 2.48 bits per heavy atom. The molecule has 0 heterocycles. The van der Waals surface area contributed by atoms with Gasteiger partial charge >= 0.3 is 0 Å². The summed E-state index contributed by atoms with van der Waals surface area (Å²) in [4.78, 5) is 0. The van der Waals surface area contributed by atoms with E-state index in [1.54, 1.807) is 18.2 Å². The molecule has 25 heavy (non-hydrogen) atoms. The zero-order valence-electron chi connectivity index (χ0n) is 13.8. The highest BCUT2D eigenvalue weighted by molar-refractivity contribution is 6.01. The van der Waals surface area contributed by atoms with Crippen molar-refractivity contribution in [1.29, 1.82) is 21.2 Å². The highest BCUT2D eigenvalue weighted by Crippen LogP contribution is 2.55. The van der Waals surface area contributed by atoms with Gasteiger partial charge in [0.1, 0.15) is 5.82 Å². The van der Waals surface area contributed by atoms with Crippen molar-refractivity contribution in [3.63, 3.8) is 0 Å². The van der Waals surface area contributed by atoms with E-state index >= 15 is 0 Å². The number of halogens is 1. The highest BCUT2D eigenvalue weighted by atomic mass is 19.1. The van der Waals surface area contributed by atoms with Gasteiger partial charge in [-0.05, 0) is 41.9 Å². The second-order valence-corrected chi connectivity index (χ2v) is 6.88. The van der Waals surface area contributed by atoms with Gasteiger partial charge in [0.2, 0.25) is 5.41 Å². The molecule has 0 spiro atoms. The van der Waals surface area contributed by atoms with E-state index in [0.717, 1.165) is 0 Å². The number of rotatable bonds is 1. The Balaban J connectivity index is 2.26. The van der Waals surface area contributed by atoms with Crippen molar-refractivity contribution >= 4 is 5.71 Å². The van der Waals surface area contributed by atoms with E-state index in [0.29, 0.717) is 29.9 Å². The molecule has 1 saturated carbocycles. The Morgan fingerprint density at radius 2 is 1.88 bits per heavy atom. The van der Waals surface area contributed by atoms with Crippen LogP contribution in [0, 0.1) is 68.4 Å². The van der Waals surface area contributed by atoms with Crippen molar-refractivity contribution in [1.82, 2.24) is 0 Å². The molecule has 0 amide bonds.